The van der Waals surface area contributed by atoms with E-state index in [9.17, 15) is 0 Å². The van der Waals surface area contributed by atoms with Crippen molar-refractivity contribution in [1.29, 1.82) is 0 Å². The lowest BCUT2D eigenvalue weighted by atomic mass is 10.0. The summed E-state index contributed by atoms with van der Waals surface area (Å²) in [7, 11) is 1.57. The molecule has 0 aromatic rings. The summed E-state index contributed by atoms with van der Waals surface area (Å²) < 4.78 is 28.1. The van der Waals surface area contributed by atoms with Gasteiger partial charge in [-0.15, -0.1) is 19.7 Å². The smallest absolute Gasteiger partial charge is 0.186 e. The second-order valence-corrected chi connectivity index (χ2v) is 4.27. The van der Waals surface area contributed by atoms with E-state index in [0.717, 1.165) is 0 Å². The van der Waals surface area contributed by atoms with Gasteiger partial charge in [-0.3, -0.25) is 0 Å². The molecule has 4 atom stereocenters. The molecule has 20 heavy (non-hydrogen) atoms. The molecule has 0 unspecified atom stereocenters. The first-order chi connectivity index (χ1) is 9.78. The SMILES string of the molecule is C=CCO[C@@H]1[C@@H](OCC=C)[C@@H](OC)OC[C@H]1OCC=C. The van der Waals surface area contributed by atoms with Gasteiger partial charge in [0.2, 0.25) is 0 Å². The van der Waals surface area contributed by atoms with Gasteiger partial charge < -0.3 is 23.7 Å². The van der Waals surface area contributed by atoms with E-state index in [4.69, 9.17) is 23.7 Å². The normalized spacial score (nSPS) is 29.9. The lowest BCUT2D eigenvalue weighted by Crippen LogP contribution is -2.56. The summed E-state index contributed by atoms with van der Waals surface area (Å²) >= 11 is 0. The van der Waals surface area contributed by atoms with Crippen LogP contribution in [0.1, 0.15) is 0 Å². The standard InChI is InChI=1S/C15H24O5/c1-5-8-17-12-11-20-15(16-4)14(19-10-7-3)13(12)18-9-6-2/h5-7,12-15H,1-3,8-11H2,4H3/t12-,13+,14-,15+/m1/s1. The first kappa shape index (κ1) is 17.1. The Balaban J connectivity index is 2.77. The maximum atomic E-state index is 5.79. The van der Waals surface area contributed by atoms with Crippen LogP contribution in [0.5, 0.6) is 0 Å². The predicted molar refractivity (Wildman–Crippen MR) is 76.6 cm³/mol. The van der Waals surface area contributed by atoms with Crippen LogP contribution in [0.2, 0.25) is 0 Å². The minimum absolute atomic E-state index is 0.242. The van der Waals surface area contributed by atoms with Crippen LogP contribution in [-0.2, 0) is 23.7 Å². The highest BCUT2D eigenvalue weighted by molar-refractivity contribution is 4.89. The van der Waals surface area contributed by atoms with Crippen molar-refractivity contribution in [3.63, 3.8) is 0 Å². The lowest BCUT2D eigenvalue weighted by molar-refractivity contribution is -0.283. The zero-order valence-corrected chi connectivity index (χ0v) is 12.0. The number of hydrogen-bond donors (Lipinski definition) is 0. The highest BCUT2D eigenvalue weighted by atomic mass is 16.7. The Kier molecular flexibility index (Phi) is 8.41. The van der Waals surface area contributed by atoms with E-state index >= 15 is 0 Å². The van der Waals surface area contributed by atoms with Crippen molar-refractivity contribution in [2.45, 2.75) is 24.6 Å². The Morgan fingerprint density at radius 1 is 0.950 bits per heavy atom. The van der Waals surface area contributed by atoms with Crippen LogP contribution in [0.4, 0.5) is 0 Å². The molecular weight excluding hydrogens is 260 g/mol. The zero-order valence-electron chi connectivity index (χ0n) is 12.0. The first-order valence-corrected chi connectivity index (χ1v) is 6.60. The summed E-state index contributed by atoms with van der Waals surface area (Å²) in [5, 5.41) is 0. The Morgan fingerprint density at radius 3 is 2.05 bits per heavy atom. The van der Waals surface area contributed by atoms with Gasteiger partial charge in [0.05, 0.1) is 26.4 Å². The van der Waals surface area contributed by atoms with Crippen LogP contribution in [-0.4, -0.2) is 58.1 Å². The van der Waals surface area contributed by atoms with Crippen LogP contribution >= 0.6 is 0 Å². The fraction of sp³-hybridized carbons (Fsp3) is 0.600. The quantitative estimate of drug-likeness (QED) is 0.571. The average Bonchev–Trinajstić information content (AvgIpc) is 2.48. The van der Waals surface area contributed by atoms with Crippen molar-refractivity contribution < 1.29 is 23.7 Å². The molecule has 114 valence electrons. The molecule has 1 rings (SSSR count). The molecule has 1 heterocycles. The van der Waals surface area contributed by atoms with Gasteiger partial charge in [-0.05, 0) is 0 Å². The Morgan fingerprint density at radius 2 is 1.50 bits per heavy atom. The molecule has 1 aliphatic rings. The fourth-order valence-electron chi connectivity index (χ4n) is 2.02. The van der Waals surface area contributed by atoms with Gasteiger partial charge in [-0.2, -0.15) is 0 Å². The molecule has 0 aromatic carbocycles. The monoisotopic (exact) mass is 284 g/mol. The van der Waals surface area contributed by atoms with Crippen LogP contribution in [0, 0.1) is 0 Å². The number of methoxy groups -OCH3 is 1. The maximum absolute atomic E-state index is 5.79. The van der Waals surface area contributed by atoms with E-state index in [1.807, 2.05) is 0 Å². The molecule has 1 aliphatic heterocycles. The summed E-state index contributed by atoms with van der Waals surface area (Å²) in [6.45, 7) is 12.5. The molecule has 0 bridgehead atoms. The van der Waals surface area contributed by atoms with Gasteiger partial charge in [-0.25, -0.2) is 0 Å². The molecule has 5 heteroatoms. The van der Waals surface area contributed by atoms with Crippen molar-refractivity contribution in [2.24, 2.45) is 0 Å². The number of hydrogen-bond acceptors (Lipinski definition) is 5. The van der Waals surface area contributed by atoms with Crippen molar-refractivity contribution >= 4 is 0 Å². The topological polar surface area (TPSA) is 46.2 Å². The lowest BCUT2D eigenvalue weighted by Gasteiger charge is -2.41. The summed E-state index contributed by atoms with van der Waals surface area (Å²) in [6, 6.07) is 0. The van der Waals surface area contributed by atoms with Gasteiger partial charge in [0.1, 0.15) is 18.3 Å². The predicted octanol–water partition coefficient (Wildman–Crippen LogP) is 1.70. The molecule has 0 aliphatic carbocycles. The average molecular weight is 284 g/mol. The Bertz CT molecular complexity index is 305. The Labute approximate surface area is 120 Å². The zero-order chi connectivity index (χ0) is 14.8. The van der Waals surface area contributed by atoms with E-state index in [0.29, 0.717) is 26.4 Å². The van der Waals surface area contributed by atoms with Crippen molar-refractivity contribution in [1.82, 2.24) is 0 Å². The third-order valence-corrected chi connectivity index (χ3v) is 2.86. The maximum Gasteiger partial charge on any atom is 0.186 e. The molecule has 0 spiro atoms. The van der Waals surface area contributed by atoms with Crippen LogP contribution in [0.15, 0.2) is 38.0 Å². The van der Waals surface area contributed by atoms with Crippen molar-refractivity contribution in [3.05, 3.63) is 38.0 Å². The highest BCUT2D eigenvalue weighted by Crippen LogP contribution is 2.24. The van der Waals surface area contributed by atoms with Crippen LogP contribution in [0.25, 0.3) is 0 Å². The number of rotatable bonds is 10. The highest BCUT2D eigenvalue weighted by Gasteiger charge is 2.42. The molecule has 0 amide bonds. The molecule has 1 fully saturated rings. The molecule has 1 saturated heterocycles. The summed E-state index contributed by atoms with van der Waals surface area (Å²) in [5.41, 5.74) is 0. The minimum atomic E-state index is -0.492. The molecule has 0 saturated carbocycles. The molecule has 0 radical (unpaired) electrons. The minimum Gasteiger partial charge on any atom is -0.369 e. The van der Waals surface area contributed by atoms with E-state index < -0.39 is 6.29 Å². The van der Waals surface area contributed by atoms with Crippen LogP contribution in [0.3, 0.4) is 0 Å². The van der Waals surface area contributed by atoms with Crippen molar-refractivity contribution in [3.8, 4) is 0 Å². The Hall–Kier alpha value is -0.980. The van der Waals surface area contributed by atoms with Gasteiger partial charge >= 0.3 is 0 Å². The van der Waals surface area contributed by atoms with Gasteiger partial charge in [0.25, 0.3) is 0 Å². The molecule has 5 nitrogen and oxygen atoms in total. The third-order valence-electron chi connectivity index (χ3n) is 2.86. The van der Waals surface area contributed by atoms with E-state index in [1.165, 1.54) is 0 Å². The first-order valence-electron chi connectivity index (χ1n) is 6.60. The van der Waals surface area contributed by atoms with Gasteiger partial charge in [0, 0.05) is 7.11 Å². The van der Waals surface area contributed by atoms with E-state index in [-0.39, 0.29) is 18.3 Å². The van der Waals surface area contributed by atoms with E-state index in [1.54, 1.807) is 25.3 Å². The fourth-order valence-corrected chi connectivity index (χ4v) is 2.02. The second-order valence-electron chi connectivity index (χ2n) is 4.27. The molecule has 0 N–H and O–H groups in total. The summed E-state index contributed by atoms with van der Waals surface area (Å²) in [5.74, 6) is 0. The van der Waals surface area contributed by atoms with Gasteiger partial charge in [-0.1, -0.05) is 18.2 Å². The van der Waals surface area contributed by atoms with Crippen LogP contribution < -0.4 is 0 Å². The summed E-state index contributed by atoms with van der Waals surface area (Å²) in [6.07, 6.45) is 3.63. The summed E-state index contributed by atoms with van der Waals surface area (Å²) in [4.78, 5) is 0. The van der Waals surface area contributed by atoms with Crippen molar-refractivity contribution in [2.75, 3.05) is 33.5 Å². The third kappa shape index (κ3) is 4.85. The molecule has 0 aromatic heterocycles. The second kappa shape index (κ2) is 9.85. The van der Waals surface area contributed by atoms with E-state index in [2.05, 4.69) is 19.7 Å². The van der Waals surface area contributed by atoms with Gasteiger partial charge in [0.15, 0.2) is 6.29 Å². The largest absolute Gasteiger partial charge is 0.369 e. The number of ether oxygens (including phenoxy) is 5. The molecular formula is C15H24O5.